The summed E-state index contributed by atoms with van der Waals surface area (Å²) >= 11 is 0. The van der Waals surface area contributed by atoms with Gasteiger partial charge in [0.1, 0.15) is 23.9 Å². The van der Waals surface area contributed by atoms with Crippen LogP contribution in [0.25, 0.3) is 0 Å². The first-order chi connectivity index (χ1) is 21.3. The monoisotopic (exact) mass is 631 g/mol. The molecule has 1 spiro atoms. The van der Waals surface area contributed by atoms with E-state index in [1.54, 1.807) is 13.0 Å². The Morgan fingerprint density at radius 2 is 1.80 bits per heavy atom. The molecule has 2 amide bonds. The van der Waals surface area contributed by atoms with Crippen LogP contribution in [0.2, 0.25) is 0 Å². The van der Waals surface area contributed by atoms with Gasteiger partial charge in [0.15, 0.2) is 0 Å². The van der Waals surface area contributed by atoms with Crippen molar-refractivity contribution < 1.29 is 38.4 Å². The highest BCUT2D eigenvalue weighted by Gasteiger charge is 2.58. The van der Waals surface area contributed by atoms with Crippen LogP contribution in [-0.4, -0.2) is 89.8 Å². The molecule has 1 aliphatic carbocycles. The number of aliphatic hydroxyl groups is 1. The molecule has 5 N–H and O–H groups in total. The van der Waals surface area contributed by atoms with Gasteiger partial charge in [-0.25, -0.2) is 0 Å². The zero-order chi connectivity index (χ0) is 32.7. The van der Waals surface area contributed by atoms with Gasteiger partial charge >= 0.3 is 5.97 Å². The molecule has 0 bridgehead atoms. The summed E-state index contributed by atoms with van der Waals surface area (Å²) < 4.78 is 23.2. The second kappa shape index (κ2) is 15.8. The minimum Gasteiger partial charge on any atom is -0.459 e. The molecular formula is C34H53N3O8. The number of ether oxygens (including phenoxy) is 4. The number of nitrogens with one attached hydrogen (secondary N) is 2. The average molecular weight is 632 g/mol. The molecule has 11 heteroatoms. The fourth-order valence-corrected chi connectivity index (χ4v) is 6.64. The van der Waals surface area contributed by atoms with Crippen molar-refractivity contribution in [2.45, 2.75) is 146 Å². The van der Waals surface area contributed by atoms with Crippen LogP contribution in [0.15, 0.2) is 36.0 Å². The third kappa shape index (κ3) is 10.5. The summed E-state index contributed by atoms with van der Waals surface area (Å²) in [6.45, 7) is 9.58. The maximum Gasteiger partial charge on any atom is 0.303 e. The number of carbonyl (C=O) groups is 3. The summed E-state index contributed by atoms with van der Waals surface area (Å²) in [6.07, 6.45) is 12.4. The van der Waals surface area contributed by atoms with E-state index in [1.807, 2.05) is 26.0 Å². The van der Waals surface area contributed by atoms with Crippen molar-refractivity contribution in [2.75, 3.05) is 6.61 Å². The number of epoxide rings is 1. The van der Waals surface area contributed by atoms with Gasteiger partial charge in [0.05, 0.1) is 37.4 Å². The minimum absolute atomic E-state index is 0.00141. The van der Waals surface area contributed by atoms with E-state index < -0.39 is 29.9 Å². The summed E-state index contributed by atoms with van der Waals surface area (Å²) in [4.78, 5) is 36.3. The Bertz CT molecular complexity index is 1130. The molecule has 0 radical (unpaired) electrons. The van der Waals surface area contributed by atoms with Gasteiger partial charge in [0.2, 0.25) is 11.8 Å². The Hall–Kier alpha value is -2.57. The molecule has 0 aromatic carbocycles. The standard InChI is InChI=1S/C34H53N3O8/c1-20(6-13-29-21(2)16-28(23(4)44-29)37-31(39)15-8-22(3)43-24(5)38)7-14-30-33(41)34(19-42-34)18-27(45-30)17-32(40)36-26-11-9-25(35)10-12-26/h6-8,14-15,21-23,25-30,33,41H,9-13,16-19,35H2,1-5H3,(H,36,40)(H,37,39)/b14-7+,15-8-,20-6+/t21-,22-,23+,25?,26?,27+,28+,29-,30+,33+,34?/m0/s1. The van der Waals surface area contributed by atoms with Crippen molar-refractivity contribution in [3.63, 3.8) is 0 Å². The number of allylic oxidation sites excluding steroid dienone is 2. The lowest BCUT2D eigenvalue weighted by molar-refractivity contribution is -0.146. The van der Waals surface area contributed by atoms with Crippen LogP contribution in [0.4, 0.5) is 0 Å². The maximum absolute atomic E-state index is 12.8. The average Bonchev–Trinajstić information content (AvgIpc) is 3.74. The number of hydrogen-bond acceptors (Lipinski definition) is 9. The zero-order valence-corrected chi connectivity index (χ0v) is 27.4. The fraction of sp³-hybridized carbons (Fsp3) is 0.735. The van der Waals surface area contributed by atoms with E-state index in [-0.39, 0.29) is 60.6 Å². The van der Waals surface area contributed by atoms with Crippen molar-refractivity contribution >= 4 is 17.8 Å². The lowest BCUT2D eigenvalue weighted by atomic mass is 9.87. The third-order valence-corrected chi connectivity index (χ3v) is 9.47. The lowest BCUT2D eigenvalue weighted by Gasteiger charge is -2.39. The molecular weight excluding hydrogens is 578 g/mol. The molecule has 4 aliphatic rings. The molecule has 4 fully saturated rings. The number of carbonyl (C=O) groups excluding carboxylic acids is 3. The van der Waals surface area contributed by atoms with Gasteiger partial charge in [-0.1, -0.05) is 30.7 Å². The molecule has 3 saturated heterocycles. The topological polar surface area (TPSA) is 162 Å². The first-order valence-electron chi connectivity index (χ1n) is 16.5. The highest BCUT2D eigenvalue weighted by molar-refractivity contribution is 5.87. The van der Waals surface area contributed by atoms with Gasteiger partial charge in [0.25, 0.3) is 0 Å². The Labute approximate surface area is 267 Å². The molecule has 252 valence electrons. The summed E-state index contributed by atoms with van der Waals surface area (Å²) in [5, 5.41) is 17.1. The number of nitrogens with two attached hydrogens (primary N) is 1. The largest absolute Gasteiger partial charge is 0.459 e. The molecule has 11 nitrogen and oxygen atoms in total. The maximum atomic E-state index is 12.8. The molecule has 3 aliphatic heterocycles. The predicted octanol–water partition coefficient (Wildman–Crippen LogP) is 2.75. The second-order valence-electron chi connectivity index (χ2n) is 13.5. The summed E-state index contributed by atoms with van der Waals surface area (Å²) in [6, 6.07) is 0.266. The highest BCUT2D eigenvalue weighted by Crippen LogP contribution is 2.43. The number of amides is 2. The summed E-state index contributed by atoms with van der Waals surface area (Å²) in [7, 11) is 0. The minimum atomic E-state index is -0.796. The van der Waals surface area contributed by atoms with Gasteiger partial charge in [-0.05, 0) is 71.3 Å². The van der Waals surface area contributed by atoms with Crippen LogP contribution in [0.5, 0.6) is 0 Å². The van der Waals surface area contributed by atoms with Crippen molar-refractivity contribution in [1.82, 2.24) is 10.6 Å². The molecule has 1 saturated carbocycles. The molecule has 3 heterocycles. The van der Waals surface area contributed by atoms with E-state index in [4.69, 9.17) is 24.7 Å². The van der Waals surface area contributed by atoms with Crippen molar-refractivity contribution in [1.29, 1.82) is 0 Å². The van der Waals surface area contributed by atoms with E-state index in [0.717, 1.165) is 37.7 Å². The smallest absolute Gasteiger partial charge is 0.303 e. The predicted molar refractivity (Wildman–Crippen MR) is 169 cm³/mol. The molecule has 1 unspecified atom stereocenters. The van der Waals surface area contributed by atoms with E-state index in [0.29, 0.717) is 19.4 Å². The van der Waals surface area contributed by atoms with Crippen LogP contribution in [0.3, 0.4) is 0 Å². The van der Waals surface area contributed by atoms with Gasteiger partial charge in [-0.15, -0.1) is 0 Å². The van der Waals surface area contributed by atoms with E-state index in [9.17, 15) is 19.5 Å². The Morgan fingerprint density at radius 1 is 1.09 bits per heavy atom. The molecule has 0 aromatic heterocycles. The Balaban J connectivity index is 1.25. The van der Waals surface area contributed by atoms with E-state index >= 15 is 0 Å². The molecule has 4 rings (SSSR count). The Morgan fingerprint density at radius 3 is 2.47 bits per heavy atom. The number of esters is 1. The number of hydrogen-bond donors (Lipinski definition) is 4. The van der Waals surface area contributed by atoms with Crippen molar-refractivity contribution in [3.8, 4) is 0 Å². The SMILES string of the molecule is CC(=O)O[C@@H](C)/C=C\C(=O)N[C@@H]1C[C@H](C)[C@H](C/C=C(C)/C=C/[C@H]2O[C@H](CC(=O)NC3CCC(N)CC3)CC3(CO3)[C@@H]2O)O[C@@H]1C. The first-order valence-corrected chi connectivity index (χ1v) is 16.5. The number of aliphatic hydroxyl groups excluding tert-OH is 1. The van der Waals surface area contributed by atoms with E-state index in [1.165, 1.54) is 13.0 Å². The zero-order valence-electron chi connectivity index (χ0n) is 27.4. The van der Waals surface area contributed by atoms with Crippen LogP contribution in [0, 0.1) is 5.92 Å². The molecule has 9 atom stereocenters. The van der Waals surface area contributed by atoms with Crippen molar-refractivity contribution in [3.05, 3.63) is 36.0 Å². The quantitative estimate of drug-likeness (QED) is 0.116. The molecule has 0 aromatic rings. The molecule has 45 heavy (non-hydrogen) atoms. The summed E-state index contributed by atoms with van der Waals surface area (Å²) in [5.74, 6) is -0.455. The van der Waals surface area contributed by atoms with Crippen LogP contribution < -0.4 is 16.4 Å². The van der Waals surface area contributed by atoms with Gasteiger partial charge in [-0.3, -0.25) is 14.4 Å². The number of rotatable bonds is 11. The third-order valence-electron chi connectivity index (χ3n) is 9.47. The second-order valence-corrected chi connectivity index (χ2v) is 13.5. The van der Waals surface area contributed by atoms with Gasteiger partial charge in [0, 0.05) is 31.5 Å². The summed E-state index contributed by atoms with van der Waals surface area (Å²) in [5.41, 5.74) is 6.36. The van der Waals surface area contributed by atoms with Crippen LogP contribution in [0.1, 0.15) is 86.0 Å². The van der Waals surface area contributed by atoms with Crippen molar-refractivity contribution in [2.24, 2.45) is 11.7 Å². The van der Waals surface area contributed by atoms with Crippen LogP contribution in [-0.2, 0) is 33.3 Å². The first kappa shape index (κ1) is 35.3. The highest BCUT2D eigenvalue weighted by atomic mass is 16.6. The lowest BCUT2D eigenvalue weighted by Crippen LogP contribution is -2.51. The van der Waals surface area contributed by atoms with Gasteiger partial charge in [-0.2, -0.15) is 0 Å². The van der Waals surface area contributed by atoms with Gasteiger partial charge < -0.3 is 40.4 Å². The van der Waals surface area contributed by atoms with Crippen LogP contribution >= 0.6 is 0 Å². The Kier molecular flexibility index (Phi) is 12.4. The fourth-order valence-electron chi connectivity index (χ4n) is 6.64. The van der Waals surface area contributed by atoms with E-state index in [2.05, 4.69) is 23.6 Å². The normalized spacial score (nSPS) is 37.8.